The third-order valence-corrected chi connectivity index (χ3v) is 5.59. The van der Waals surface area contributed by atoms with Gasteiger partial charge < -0.3 is 18.6 Å². The Morgan fingerprint density at radius 2 is 1.84 bits per heavy atom. The maximum absolute atomic E-state index is 13.6. The van der Waals surface area contributed by atoms with Crippen LogP contribution in [-0.4, -0.2) is 46.3 Å². The van der Waals surface area contributed by atoms with Gasteiger partial charge in [-0.15, -0.1) is 0 Å². The number of esters is 1. The van der Waals surface area contributed by atoms with Crippen molar-refractivity contribution in [3.8, 4) is 0 Å². The van der Waals surface area contributed by atoms with E-state index in [-0.39, 0.29) is 24.1 Å². The van der Waals surface area contributed by atoms with Crippen LogP contribution in [0.4, 0.5) is 0 Å². The van der Waals surface area contributed by atoms with Crippen LogP contribution in [0.1, 0.15) is 83.7 Å². The summed E-state index contributed by atoms with van der Waals surface area (Å²) in [7, 11) is 0. The lowest BCUT2D eigenvalue weighted by Gasteiger charge is -2.28. The first-order chi connectivity index (χ1) is 14.6. The minimum atomic E-state index is -0.712. The molecule has 1 amide bonds. The lowest BCUT2D eigenvalue weighted by molar-refractivity contribution is 0.0512. The molecule has 7 nitrogen and oxygen atoms in total. The van der Waals surface area contributed by atoms with Crippen LogP contribution in [0, 0.1) is 19.8 Å². The number of Topliss-reactive ketones (excluding diaryl/α,β-unsaturated/α-hetero) is 1. The molecule has 0 fully saturated rings. The zero-order chi connectivity index (χ0) is 23.3. The molecule has 2 aromatic rings. The van der Waals surface area contributed by atoms with Crippen molar-refractivity contribution < 1.29 is 23.5 Å². The fourth-order valence-electron chi connectivity index (χ4n) is 3.88. The SMILES string of the molecule is CCOC(=O)c1c(C)c(C(=O)C(C)N(CCC(C)C)C(=O)c2ccco2)c(C)n1CC. The van der Waals surface area contributed by atoms with Crippen LogP contribution < -0.4 is 0 Å². The molecular weight excluding hydrogens is 396 g/mol. The van der Waals surface area contributed by atoms with Gasteiger partial charge in [-0.05, 0) is 64.7 Å². The van der Waals surface area contributed by atoms with Crippen molar-refractivity contribution in [3.05, 3.63) is 46.7 Å². The molecule has 0 aliphatic rings. The van der Waals surface area contributed by atoms with Crippen molar-refractivity contribution in [1.29, 1.82) is 0 Å². The highest BCUT2D eigenvalue weighted by Gasteiger charge is 2.33. The lowest BCUT2D eigenvalue weighted by atomic mass is 9.99. The predicted octanol–water partition coefficient (Wildman–Crippen LogP) is 4.65. The Morgan fingerprint density at radius 1 is 1.16 bits per heavy atom. The monoisotopic (exact) mass is 430 g/mol. The third kappa shape index (κ3) is 5.09. The lowest BCUT2D eigenvalue weighted by Crippen LogP contribution is -2.44. The van der Waals surface area contributed by atoms with Gasteiger partial charge >= 0.3 is 5.97 Å². The number of ketones is 1. The zero-order valence-corrected chi connectivity index (χ0v) is 19.7. The summed E-state index contributed by atoms with van der Waals surface area (Å²) in [6.45, 7) is 14.4. The fraction of sp³-hybridized carbons (Fsp3) is 0.542. The van der Waals surface area contributed by atoms with Crippen molar-refractivity contribution in [2.24, 2.45) is 5.92 Å². The number of carbonyl (C=O) groups is 3. The minimum absolute atomic E-state index is 0.198. The second-order valence-electron chi connectivity index (χ2n) is 8.10. The molecule has 2 heterocycles. The normalized spacial score (nSPS) is 12.1. The number of hydrogen-bond donors (Lipinski definition) is 0. The average molecular weight is 431 g/mol. The van der Waals surface area contributed by atoms with E-state index in [2.05, 4.69) is 13.8 Å². The van der Waals surface area contributed by atoms with Crippen LogP contribution in [0.5, 0.6) is 0 Å². The van der Waals surface area contributed by atoms with Gasteiger partial charge in [0.05, 0.1) is 18.9 Å². The van der Waals surface area contributed by atoms with Crippen molar-refractivity contribution >= 4 is 17.7 Å². The van der Waals surface area contributed by atoms with Crippen LogP contribution in [-0.2, 0) is 11.3 Å². The summed E-state index contributed by atoms with van der Waals surface area (Å²) in [5.41, 5.74) is 2.15. The van der Waals surface area contributed by atoms with Gasteiger partial charge in [0.25, 0.3) is 5.91 Å². The molecule has 1 atom stereocenters. The molecule has 0 aliphatic heterocycles. The van der Waals surface area contributed by atoms with Gasteiger partial charge in [0.2, 0.25) is 0 Å². The van der Waals surface area contributed by atoms with E-state index in [0.717, 1.165) is 6.42 Å². The molecule has 170 valence electrons. The molecule has 0 aliphatic carbocycles. The molecule has 31 heavy (non-hydrogen) atoms. The molecule has 0 aromatic carbocycles. The number of amides is 1. The first-order valence-corrected chi connectivity index (χ1v) is 10.9. The van der Waals surface area contributed by atoms with Gasteiger partial charge in [-0.3, -0.25) is 9.59 Å². The molecule has 1 unspecified atom stereocenters. The maximum atomic E-state index is 13.6. The molecule has 0 N–H and O–H groups in total. The van der Waals surface area contributed by atoms with Crippen LogP contribution >= 0.6 is 0 Å². The first kappa shape index (κ1) is 24.4. The summed E-state index contributed by atoms with van der Waals surface area (Å²) in [6, 6.07) is 2.54. The van der Waals surface area contributed by atoms with E-state index in [0.29, 0.717) is 41.5 Å². The second-order valence-corrected chi connectivity index (χ2v) is 8.10. The third-order valence-electron chi connectivity index (χ3n) is 5.59. The molecule has 0 spiro atoms. The molecule has 2 aromatic heterocycles. The Kier molecular flexibility index (Phi) is 8.25. The van der Waals surface area contributed by atoms with E-state index in [1.54, 1.807) is 42.4 Å². The molecule has 0 radical (unpaired) electrons. The minimum Gasteiger partial charge on any atom is -0.461 e. The van der Waals surface area contributed by atoms with E-state index in [1.165, 1.54) is 6.26 Å². The van der Waals surface area contributed by atoms with Crippen LogP contribution in [0.2, 0.25) is 0 Å². The summed E-state index contributed by atoms with van der Waals surface area (Å²) in [4.78, 5) is 40.8. The fourth-order valence-corrected chi connectivity index (χ4v) is 3.88. The topological polar surface area (TPSA) is 81.8 Å². The van der Waals surface area contributed by atoms with E-state index in [9.17, 15) is 14.4 Å². The number of furan rings is 1. The summed E-state index contributed by atoms with van der Waals surface area (Å²) in [6.07, 6.45) is 2.20. The number of hydrogen-bond acceptors (Lipinski definition) is 5. The summed E-state index contributed by atoms with van der Waals surface area (Å²) in [5, 5.41) is 0. The smallest absolute Gasteiger partial charge is 0.355 e. The Labute approximate surface area is 184 Å². The van der Waals surface area contributed by atoms with Crippen molar-refractivity contribution in [3.63, 3.8) is 0 Å². The Morgan fingerprint density at radius 3 is 2.35 bits per heavy atom. The number of carbonyl (C=O) groups excluding carboxylic acids is 3. The van der Waals surface area contributed by atoms with E-state index in [4.69, 9.17) is 9.15 Å². The first-order valence-electron chi connectivity index (χ1n) is 10.9. The molecule has 0 bridgehead atoms. The van der Waals surface area contributed by atoms with Gasteiger partial charge in [0, 0.05) is 24.3 Å². The predicted molar refractivity (Wildman–Crippen MR) is 119 cm³/mol. The van der Waals surface area contributed by atoms with Crippen LogP contribution in [0.3, 0.4) is 0 Å². The Bertz CT molecular complexity index is 924. The summed E-state index contributed by atoms with van der Waals surface area (Å²) in [5.74, 6) is -0.386. The van der Waals surface area contributed by atoms with E-state index in [1.807, 2.05) is 13.8 Å². The standard InChI is InChI=1S/C24H34N2O5/c1-8-25-17(6)20(16(5)21(25)24(29)30-9-2)22(27)18(7)26(13-12-15(3)4)23(28)19-11-10-14-31-19/h10-11,14-15,18H,8-9,12-13H2,1-7H3. The summed E-state index contributed by atoms with van der Waals surface area (Å²) >= 11 is 0. The Hall–Kier alpha value is -2.83. The highest BCUT2D eigenvalue weighted by atomic mass is 16.5. The average Bonchev–Trinajstić information content (AvgIpc) is 3.33. The van der Waals surface area contributed by atoms with Gasteiger partial charge in [0.1, 0.15) is 5.69 Å². The highest BCUT2D eigenvalue weighted by molar-refractivity contribution is 6.07. The summed E-state index contributed by atoms with van der Waals surface area (Å²) < 4.78 is 12.3. The molecular formula is C24H34N2O5. The number of ether oxygens (including phenoxy) is 1. The Balaban J connectivity index is 2.46. The maximum Gasteiger partial charge on any atom is 0.355 e. The number of nitrogens with zero attached hydrogens (tertiary/aromatic N) is 2. The van der Waals surface area contributed by atoms with Gasteiger partial charge in [-0.2, -0.15) is 0 Å². The van der Waals surface area contributed by atoms with E-state index < -0.39 is 12.0 Å². The molecule has 0 saturated carbocycles. The molecule has 2 rings (SSSR count). The van der Waals surface area contributed by atoms with Gasteiger partial charge in [0.15, 0.2) is 11.5 Å². The van der Waals surface area contributed by atoms with Crippen molar-refractivity contribution in [1.82, 2.24) is 9.47 Å². The second kappa shape index (κ2) is 10.5. The number of rotatable bonds is 10. The van der Waals surface area contributed by atoms with Gasteiger partial charge in [-0.25, -0.2) is 4.79 Å². The quantitative estimate of drug-likeness (QED) is 0.405. The van der Waals surface area contributed by atoms with Crippen molar-refractivity contribution in [2.45, 2.75) is 67.5 Å². The van der Waals surface area contributed by atoms with Gasteiger partial charge in [-0.1, -0.05) is 13.8 Å². The zero-order valence-electron chi connectivity index (χ0n) is 19.7. The largest absolute Gasteiger partial charge is 0.461 e. The molecule has 7 heteroatoms. The highest BCUT2D eigenvalue weighted by Crippen LogP contribution is 2.26. The van der Waals surface area contributed by atoms with Crippen molar-refractivity contribution in [2.75, 3.05) is 13.2 Å². The van der Waals surface area contributed by atoms with Crippen LogP contribution in [0.15, 0.2) is 22.8 Å². The van der Waals surface area contributed by atoms with E-state index >= 15 is 0 Å². The van der Waals surface area contributed by atoms with Crippen LogP contribution in [0.25, 0.3) is 0 Å². The molecule has 0 saturated heterocycles. The number of aromatic nitrogens is 1.